The number of aryl methyl sites for hydroxylation is 2. The van der Waals surface area contributed by atoms with Gasteiger partial charge in [0.05, 0.1) is 7.05 Å². The predicted molar refractivity (Wildman–Crippen MR) is 209 cm³/mol. The normalized spacial score (nSPS) is 12.1. The Bertz CT molecular complexity index is 2740. The van der Waals surface area contributed by atoms with Crippen molar-refractivity contribution in [3.05, 3.63) is 157 Å². The standard InChI is InChI=1S/C47H39N2O/c1-30-19-26-38-37-27-24-34-15-9-10-16-36(34)44(37)50-45(38)43(30)46-48(5)41-17-11-12-18-42(41)49(46)40-28-25-35(29-39(40)47(2,3)4)33-22-20-32(21-23-33)31-13-7-6-8-14-31/h6-29H,1-5H3/q+1. The van der Waals surface area contributed by atoms with E-state index in [2.05, 4.69) is 189 Å². The molecule has 0 radical (unpaired) electrons. The highest BCUT2D eigenvalue weighted by Crippen LogP contribution is 2.43. The lowest BCUT2D eigenvalue weighted by Crippen LogP contribution is -2.30. The zero-order valence-electron chi connectivity index (χ0n) is 29.2. The van der Waals surface area contributed by atoms with E-state index >= 15 is 0 Å². The van der Waals surface area contributed by atoms with Crippen LogP contribution in [0.15, 0.2) is 150 Å². The highest BCUT2D eigenvalue weighted by atomic mass is 16.3. The summed E-state index contributed by atoms with van der Waals surface area (Å²) in [5.41, 5.74) is 13.7. The maximum Gasteiger partial charge on any atom is 0.298 e. The van der Waals surface area contributed by atoms with Gasteiger partial charge in [0.15, 0.2) is 16.6 Å². The van der Waals surface area contributed by atoms with E-state index in [1.165, 1.54) is 50.0 Å². The average Bonchev–Trinajstić information content (AvgIpc) is 3.66. The molecular formula is C47H39N2O+. The summed E-state index contributed by atoms with van der Waals surface area (Å²) in [6, 6.07) is 52.6. The smallest absolute Gasteiger partial charge is 0.298 e. The first-order valence-corrected chi connectivity index (χ1v) is 17.4. The van der Waals surface area contributed by atoms with Crippen LogP contribution in [-0.2, 0) is 12.5 Å². The molecule has 0 saturated carbocycles. The van der Waals surface area contributed by atoms with Crippen molar-refractivity contribution in [3.63, 3.8) is 0 Å². The van der Waals surface area contributed by atoms with Crippen molar-refractivity contribution in [1.82, 2.24) is 4.57 Å². The van der Waals surface area contributed by atoms with Gasteiger partial charge in [-0.3, -0.25) is 0 Å². The van der Waals surface area contributed by atoms with Crippen LogP contribution in [0.1, 0.15) is 31.9 Å². The molecule has 0 aliphatic heterocycles. The minimum absolute atomic E-state index is 0.129. The van der Waals surface area contributed by atoms with E-state index in [9.17, 15) is 0 Å². The molecule has 0 atom stereocenters. The minimum atomic E-state index is -0.129. The lowest BCUT2D eigenvalue weighted by Gasteiger charge is -2.23. The summed E-state index contributed by atoms with van der Waals surface area (Å²) in [5, 5.41) is 4.59. The first-order chi connectivity index (χ1) is 24.3. The second-order valence-corrected chi connectivity index (χ2v) is 14.5. The molecule has 242 valence electrons. The molecule has 9 rings (SSSR count). The molecule has 0 amide bonds. The van der Waals surface area contributed by atoms with Crippen molar-refractivity contribution < 1.29 is 8.98 Å². The summed E-state index contributed by atoms with van der Waals surface area (Å²) in [6.45, 7) is 9.15. The third-order valence-electron chi connectivity index (χ3n) is 10.3. The van der Waals surface area contributed by atoms with Crippen LogP contribution < -0.4 is 4.57 Å². The molecule has 2 heterocycles. The Morgan fingerprint density at radius 3 is 1.96 bits per heavy atom. The van der Waals surface area contributed by atoms with Crippen molar-refractivity contribution in [1.29, 1.82) is 0 Å². The molecule has 0 unspecified atom stereocenters. The number of aromatic nitrogens is 2. The van der Waals surface area contributed by atoms with E-state index in [4.69, 9.17) is 4.42 Å². The molecule has 50 heavy (non-hydrogen) atoms. The number of hydrogen-bond donors (Lipinski definition) is 0. The third kappa shape index (κ3) is 4.69. The Labute approximate surface area is 292 Å². The predicted octanol–water partition coefficient (Wildman–Crippen LogP) is 12.1. The Balaban J connectivity index is 1.29. The quantitative estimate of drug-likeness (QED) is 0.174. The van der Waals surface area contributed by atoms with Gasteiger partial charge in [0.1, 0.15) is 16.8 Å². The average molecular weight is 648 g/mol. The van der Waals surface area contributed by atoms with Crippen molar-refractivity contribution in [2.24, 2.45) is 7.05 Å². The van der Waals surface area contributed by atoms with Crippen LogP contribution in [0, 0.1) is 6.92 Å². The van der Waals surface area contributed by atoms with Crippen LogP contribution >= 0.6 is 0 Å². The Hall–Kier alpha value is -5.93. The molecule has 3 heteroatoms. The van der Waals surface area contributed by atoms with E-state index in [0.717, 1.165) is 44.2 Å². The molecule has 0 aliphatic carbocycles. The van der Waals surface area contributed by atoms with Crippen LogP contribution in [0.25, 0.3) is 83.1 Å². The second kappa shape index (κ2) is 11.3. The van der Waals surface area contributed by atoms with Gasteiger partial charge in [-0.15, -0.1) is 0 Å². The SMILES string of the molecule is Cc1ccc2c(oc3c4ccccc4ccc23)c1-c1n(-c2ccc(-c3ccc(-c4ccccc4)cc3)cc2C(C)(C)C)c2ccccc2[n+]1C. The fourth-order valence-corrected chi connectivity index (χ4v) is 7.78. The summed E-state index contributed by atoms with van der Waals surface area (Å²) in [4.78, 5) is 0. The lowest BCUT2D eigenvalue weighted by atomic mass is 9.83. The van der Waals surface area contributed by atoms with Gasteiger partial charge in [-0.1, -0.05) is 136 Å². The van der Waals surface area contributed by atoms with Crippen molar-refractivity contribution >= 4 is 43.7 Å². The summed E-state index contributed by atoms with van der Waals surface area (Å²) in [7, 11) is 2.18. The van der Waals surface area contributed by atoms with Crippen LogP contribution in [0.5, 0.6) is 0 Å². The van der Waals surface area contributed by atoms with Gasteiger partial charge in [0, 0.05) is 21.7 Å². The van der Waals surface area contributed by atoms with Crippen molar-refractivity contribution in [3.8, 4) is 39.3 Å². The van der Waals surface area contributed by atoms with Crippen molar-refractivity contribution in [2.45, 2.75) is 33.1 Å². The van der Waals surface area contributed by atoms with Gasteiger partial charge in [0.25, 0.3) is 5.82 Å². The van der Waals surface area contributed by atoms with Gasteiger partial charge in [-0.25, -0.2) is 4.57 Å². The summed E-state index contributed by atoms with van der Waals surface area (Å²) in [6.07, 6.45) is 0. The van der Waals surface area contributed by atoms with Crippen molar-refractivity contribution in [2.75, 3.05) is 0 Å². The molecule has 0 N–H and O–H groups in total. The zero-order chi connectivity index (χ0) is 34.1. The molecule has 0 aliphatic rings. The van der Waals surface area contributed by atoms with E-state index in [1.807, 2.05) is 0 Å². The Kier molecular flexibility index (Phi) is 6.82. The Morgan fingerprint density at radius 1 is 0.560 bits per heavy atom. The van der Waals surface area contributed by atoms with Gasteiger partial charge < -0.3 is 4.42 Å². The summed E-state index contributed by atoms with van der Waals surface area (Å²) in [5.74, 6) is 1.10. The molecule has 7 aromatic carbocycles. The highest BCUT2D eigenvalue weighted by Gasteiger charge is 2.33. The maximum absolute atomic E-state index is 6.96. The number of imidazole rings is 1. The molecule has 0 fully saturated rings. The zero-order valence-corrected chi connectivity index (χ0v) is 29.2. The number of para-hydroxylation sites is 2. The number of rotatable bonds is 4. The molecule has 0 spiro atoms. The summed E-state index contributed by atoms with van der Waals surface area (Å²) >= 11 is 0. The van der Waals surface area contributed by atoms with Crippen LogP contribution in [0.2, 0.25) is 0 Å². The number of hydrogen-bond acceptors (Lipinski definition) is 1. The Morgan fingerprint density at radius 2 is 1.18 bits per heavy atom. The van der Waals surface area contributed by atoms with Gasteiger partial charge in [-0.2, -0.15) is 4.57 Å². The largest absolute Gasteiger partial charge is 0.454 e. The van der Waals surface area contributed by atoms with E-state index in [0.29, 0.717) is 0 Å². The summed E-state index contributed by atoms with van der Waals surface area (Å²) < 4.78 is 11.8. The number of fused-ring (bicyclic) bond motifs is 6. The van der Waals surface area contributed by atoms with E-state index in [1.54, 1.807) is 0 Å². The number of benzene rings is 7. The monoisotopic (exact) mass is 647 g/mol. The van der Waals surface area contributed by atoms with Crippen LogP contribution in [-0.4, -0.2) is 4.57 Å². The first kappa shape index (κ1) is 30.2. The number of nitrogens with zero attached hydrogens (tertiary/aromatic N) is 2. The molecular weight excluding hydrogens is 609 g/mol. The minimum Gasteiger partial charge on any atom is -0.454 e. The maximum atomic E-state index is 6.96. The molecule has 0 saturated heterocycles. The fourth-order valence-electron chi connectivity index (χ4n) is 7.78. The fraction of sp³-hybridized carbons (Fsp3) is 0.128. The van der Waals surface area contributed by atoms with E-state index in [-0.39, 0.29) is 5.41 Å². The van der Waals surface area contributed by atoms with Gasteiger partial charge in [-0.05, 0) is 75.9 Å². The lowest BCUT2D eigenvalue weighted by molar-refractivity contribution is -0.633. The molecule has 9 aromatic rings. The third-order valence-corrected chi connectivity index (χ3v) is 10.3. The molecule has 0 bridgehead atoms. The topological polar surface area (TPSA) is 21.9 Å². The van der Waals surface area contributed by atoms with Crippen LogP contribution in [0.4, 0.5) is 0 Å². The first-order valence-electron chi connectivity index (χ1n) is 17.4. The van der Waals surface area contributed by atoms with E-state index < -0.39 is 0 Å². The van der Waals surface area contributed by atoms with Gasteiger partial charge in [0.2, 0.25) is 0 Å². The highest BCUT2D eigenvalue weighted by molar-refractivity contribution is 6.17. The van der Waals surface area contributed by atoms with Crippen LogP contribution in [0.3, 0.4) is 0 Å². The molecule has 2 aromatic heterocycles. The van der Waals surface area contributed by atoms with Gasteiger partial charge >= 0.3 is 0 Å². The second-order valence-electron chi connectivity index (χ2n) is 14.5. The number of furan rings is 1. The molecule has 3 nitrogen and oxygen atoms in total.